The van der Waals surface area contributed by atoms with E-state index in [2.05, 4.69) is 0 Å². The average molecular weight is 299 g/mol. The van der Waals surface area contributed by atoms with Gasteiger partial charge in [0.05, 0.1) is 6.04 Å². The molecule has 2 rings (SSSR count). The highest BCUT2D eigenvalue weighted by Crippen LogP contribution is 2.34. The maximum absolute atomic E-state index is 14.1. The first-order valence-corrected chi connectivity index (χ1v) is 7.28. The quantitative estimate of drug-likeness (QED) is 0.932. The van der Waals surface area contributed by atoms with Gasteiger partial charge in [0.15, 0.2) is 0 Å². The molecular weight excluding hydrogens is 279 g/mol. The maximum atomic E-state index is 14.1. The lowest BCUT2D eigenvalue weighted by Gasteiger charge is -2.41. The predicted octanol–water partition coefficient (Wildman–Crippen LogP) is 3.13. The number of likely N-dealkylation sites (tertiary alicyclic amines) is 1. The molecule has 1 heterocycles. The first kappa shape index (κ1) is 15.3. The van der Waals surface area contributed by atoms with E-state index in [1.807, 2.05) is 13.8 Å². The summed E-state index contributed by atoms with van der Waals surface area (Å²) in [7, 11) is 0. The molecule has 1 aliphatic rings. The predicted molar refractivity (Wildman–Crippen MR) is 77.9 cm³/mol. The SMILES string of the molecule is CC(C)CN1C(=O)CCC(N)C1c1cc(Cl)ccc1F. The Hall–Kier alpha value is -1.13. The van der Waals surface area contributed by atoms with Crippen LogP contribution < -0.4 is 5.73 Å². The molecule has 1 amide bonds. The second-order valence-corrected chi connectivity index (χ2v) is 6.19. The third-order valence-electron chi connectivity index (χ3n) is 3.59. The van der Waals surface area contributed by atoms with Crippen molar-refractivity contribution in [1.82, 2.24) is 4.90 Å². The number of nitrogens with two attached hydrogens (primary N) is 1. The molecule has 20 heavy (non-hydrogen) atoms. The summed E-state index contributed by atoms with van der Waals surface area (Å²) >= 11 is 5.96. The summed E-state index contributed by atoms with van der Waals surface area (Å²) in [4.78, 5) is 13.9. The molecule has 1 fully saturated rings. The Morgan fingerprint density at radius 3 is 2.85 bits per heavy atom. The van der Waals surface area contributed by atoms with E-state index < -0.39 is 6.04 Å². The van der Waals surface area contributed by atoms with E-state index in [0.29, 0.717) is 35.9 Å². The van der Waals surface area contributed by atoms with Crippen molar-refractivity contribution in [3.63, 3.8) is 0 Å². The summed E-state index contributed by atoms with van der Waals surface area (Å²) in [6.45, 7) is 4.63. The van der Waals surface area contributed by atoms with Crippen LogP contribution in [-0.2, 0) is 4.79 Å². The number of hydrogen-bond acceptors (Lipinski definition) is 2. The van der Waals surface area contributed by atoms with Crippen molar-refractivity contribution in [2.24, 2.45) is 11.7 Å². The van der Waals surface area contributed by atoms with Crippen LogP contribution in [0.1, 0.15) is 38.3 Å². The first-order chi connectivity index (χ1) is 9.40. The smallest absolute Gasteiger partial charge is 0.223 e. The molecule has 1 aromatic rings. The van der Waals surface area contributed by atoms with Crippen LogP contribution >= 0.6 is 11.6 Å². The summed E-state index contributed by atoms with van der Waals surface area (Å²) in [5.41, 5.74) is 6.57. The highest BCUT2D eigenvalue weighted by molar-refractivity contribution is 6.30. The van der Waals surface area contributed by atoms with Gasteiger partial charge < -0.3 is 10.6 Å². The van der Waals surface area contributed by atoms with Gasteiger partial charge in [0.1, 0.15) is 5.82 Å². The zero-order chi connectivity index (χ0) is 14.9. The standard InChI is InChI=1S/C15H20ClFN2O/c1-9(2)8-19-14(20)6-5-13(18)15(19)11-7-10(16)3-4-12(11)17/h3-4,7,9,13,15H,5-6,8,18H2,1-2H3. The van der Waals surface area contributed by atoms with E-state index in [1.54, 1.807) is 11.0 Å². The summed E-state index contributed by atoms with van der Waals surface area (Å²) < 4.78 is 14.1. The number of halogens is 2. The lowest BCUT2D eigenvalue weighted by Crippen LogP contribution is -2.50. The number of nitrogens with zero attached hydrogens (tertiary/aromatic N) is 1. The first-order valence-electron chi connectivity index (χ1n) is 6.90. The van der Waals surface area contributed by atoms with E-state index in [0.717, 1.165) is 0 Å². The minimum atomic E-state index is -0.433. The van der Waals surface area contributed by atoms with Crippen molar-refractivity contribution in [2.45, 2.75) is 38.8 Å². The van der Waals surface area contributed by atoms with Crippen molar-refractivity contribution in [1.29, 1.82) is 0 Å². The molecule has 2 atom stereocenters. The fraction of sp³-hybridized carbons (Fsp3) is 0.533. The molecule has 1 saturated heterocycles. The number of rotatable bonds is 3. The Bertz CT molecular complexity index is 507. The van der Waals surface area contributed by atoms with Gasteiger partial charge in [0, 0.05) is 29.6 Å². The van der Waals surface area contributed by atoms with Gasteiger partial charge in [-0.15, -0.1) is 0 Å². The van der Waals surface area contributed by atoms with Gasteiger partial charge in [-0.2, -0.15) is 0 Å². The monoisotopic (exact) mass is 298 g/mol. The molecule has 1 aromatic carbocycles. The topological polar surface area (TPSA) is 46.3 Å². The van der Waals surface area contributed by atoms with Crippen LogP contribution in [-0.4, -0.2) is 23.4 Å². The van der Waals surface area contributed by atoms with E-state index in [-0.39, 0.29) is 17.8 Å². The highest BCUT2D eigenvalue weighted by atomic mass is 35.5. The molecule has 0 aromatic heterocycles. The third kappa shape index (κ3) is 3.13. The van der Waals surface area contributed by atoms with Crippen molar-refractivity contribution in [2.75, 3.05) is 6.54 Å². The Morgan fingerprint density at radius 1 is 1.50 bits per heavy atom. The molecule has 5 heteroatoms. The van der Waals surface area contributed by atoms with E-state index in [1.165, 1.54) is 12.1 Å². The number of carbonyl (C=O) groups excluding carboxylic acids is 1. The normalized spacial score (nSPS) is 23.5. The molecule has 3 nitrogen and oxygen atoms in total. The van der Waals surface area contributed by atoms with Crippen molar-refractivity contribution in [3.8, 4) is 0 Å². The molecular formula is C15H20ClFN2O. The zero-order valence-corrected chi connectivity index (χ0v) is 12.5. The largest absolute Gasteiger partial charge is 0.334 e. The Morgan fingerprint density at radius 2 is 2.20 bits per heavy atom. The number of hydrogen-bond donors (Lipinski definition) is 1. The second-order valence-electron chi connectivity index (χ2n) is 5.75. The van der Waals surface area contributed by atoms with E-state index in [9.17, 15) is 9.18 Å². The van der Waals surface area contributed by atoms with Crippen LogP contribution in [0.3, 0.4) is 0 Å². The van der Waals surface area contributed by atoms with Gasteiger partial charge >= 0.3 is 0 Å². The molecule has 0 aliphatic carbocycles. The van der Waals surface area contributed by atoms with Crippen LogP contribution in [0.15, 0.2) is 18.2 Å². The average Bonchev–Trinajstić information content (AvgIpc) is 2.37. The lowest BCUT2D eigenvalue weighted by molar-refractivity contribution is -0.138. The fourth-order valence-electron chi connectivity index (χ4n) is 2.73. The van der Waals surface area contributed by atoms with Gasteiger partial charge in [-0.05, 0) is 30.5 Å². The number of benzene rings is 1. The van der Waals surface area contributed by atoms with Crippen LogP contribution in [0.2, 0.25) is 5.02 Å². The van der Waals surface area contributed by atoms with Crippen LogP contribution in [0.25, 0.3) is 0 Å². The summed E-state index contributed by atoms with van der Waals surface area (Å²) in [5.74, 6) is -0.0305. The molecule has 0 saturated carbocycles. The molecule has 2 unspecified atom stereocenters. The number of carbonyl (C=O) groups is 1. The molecule has 110 valence electrons. The molecule has 0 radical (unpaired) electrons. The number of amides is 1. The number of piperidine rings is 1. The second kappa shape index (κ2) is 6.10. The summed E-state index contributed by atoms with van der Waals surface area (Å²) in [5, 5.41) is 0.455. The van der Waals surface area contributed by atoms with E-state index >= 15 is 0 Å². The Labute approximate surface area is 123 Å². The maximum Gasteiger partial charge on any atom is 0.223 e. The van der Waals surface area contributed by atoms with Crippen molar-refractivity contribution >= 4 is 17.5 Å². The van der Waals surface area contributed by atoms with Gasteiger partial charge in [-0.3, -0.25) is 4.79 Å². The fourth-order valence-corrected chi connectivity index (χ4v) is 2.91. The van der Waals surface area contributed by atoms with Crippen LogP contribution in [0.5, 0.6) is 0 Å². The van der Waals surface area contributed by atoms with Gasteiger partial charge in [0.25, 0.3) is 0 Å². The van der Waals surface area contributed by atoms with Gasteiger partial charge in [-0.25, -0.2) is 4.39 Å². The highest BCUT2D eigenvalue weighted by Gasteiger charge is 2.36. The minimum absolute atomic E-state index is 0.0322. The molecule has 0 bridgehead atoms. The molecule has 2 N–H and O–H groups in total. The zero-order valence-electron chi connectivity index (χ0n) is 11.8. The molecule has 1 aliphatic heterocycles. The Kier molecular flexibility index (Phi) is 4.66. The minimum Gasteiger partial charge on any atom is -0.334 e. The molecule has 0 spiro atoms. The third-order valence-corrected chi connectivity index (χ3v) is 3.83. The van der Waals surface area contributed by atoms with Crippen molar-refractivity contribution in [3.05, 3.63) is 34.6 Å². The summed E-state index contributed by atoms with van der Waals surface area (Å²) in [6.07, 6.45) is 0.997. The summed E-state index contributed by atoms with van der Waals surface area (Å²) in [6, 6.07) is 3.71. The van der Waals surface area contributed by atoms with E-state index in [4.69, 9.17) is 17.3 Å². The lowest BCUT2D eigenvalue weighted by atomic mass is 9.89. The van der Waals surface area contributed by atoms with Gasteiger partial charge in [0.2, 0.25) is 5.91 Å². The van der Waals surface area contributed by atoms with Crippen LogP contribution in [0, 0.1) is 11.7 Å². The Balaban J connectivity index is 2.41. The van der Waals surface area contributed by atoms with Crippen molar-refractivity contribution < 1.29 is 9.18 Å². The van der Waals surface area contributed by atoms with Crippen LogP contribution in [0.4, 0.5) is 4.39 Å². The van der Waals surface area contributed by atoms with Gasteiger partial charge in [-0.1, -0.05) is 25.4 Å².